The first-order chi connectivity index (χ1) is 8.54. The second kappa shape index (κ2) is 5.32. The molecule has 1 heterocycles. The van der Waals surface area contributed by atoms with Gasteiger partial charge in [-0.2, -0.15) is 0 Å². The summed E-state index contributed by atoms with van der Waals surface area (Å²) in [6, 6.07) is 14.3. The normalized spacial score (nSPS) is 11.5. The van der Waals surface area contributed by atoms with Crippen LogP contribution in [-0.2, 0) is 6.42 Å². The van der Waals surface area contributed by atoms with E-state index in [1.165, 1.54) is 5.56 Å². The molecule has 2 aromatic rings. The topological polar surface area (TPSA) is 33.1 Å². The van der Waals surface area contributed by atoms with Gasteiger partial charge in [-0.3, -0.25) is 4.98 Å². The van der Waals surface area contributed by atoms with Crippen molar-refractivity contribution in [2.75, 3.05) is 0 Å². The maximum absolute atomic E-state index is 9.75. The van der Waals surface area contributed by atoms with E-state index in [9.17, 15) is 5.11 Å². The Morgan fingerprint density at radius 2 is 1.83 bits per heavy atom. The molecule has 2 heteroatoms. The fourth-order valence-electron chi connectivity index (χ4n) is 1.85. The van der Waals surface area contributed by atoms with Gasteiger partial charge in [0.1, 0.15) is 0 Å². The van der Waals surface area contributed by atoms with Crippen molar-refractivity contribution in [3.05, 3.63) is 54.2 Å². The van der Waals surface area contributed by atoms with Crippen molar-refractivity contribution in [2.24, 2.45) is 0 Å². The van der Waals surface area contributed by atoms with Gasteiger partial charge >= 0.3 is 0 Å². The monoisotopic (exact) mass is 241 g/mol. The Labute approximate surface area is 108 Å². The molecule has 2 rings (SSSR count). The molecule has 0 atom stereocenters. The lowest BCUT2D eigenvalue weighted by Gasteiger charge is -2.16. The van der Waals surface area contributed by atoms with Crippen LogP contribution in [0.1, 0.15) is 25.8 Å². The number of pyridine rings is 1. The largest absolute Gasteiger partial charge is 0.390 e. The number of nitrogens with zero attached hydrogens (tertiary/aromatic N) is 1. The minimum atomic E-state index is -0.615. The SMILES string of the molecule is CC(C)(O)CCc1ccnc(-c2ccccc2)c1. The average molecular weight is 241 g/mol. The fraction of sp³-hybridized carbons (Fsp3) is 0.312. The van der Waals surface area contributed by atoms with Gasteiger partial charge < -0.3 is 5.11 Å². The van der Waals surface area contributed by atoms with E-state index in [0.29, 0.717) is 0 Å². The lowest BCUT2D eigenvalue weighted by Crippen LogP contribution is -2.19. The van der Waals surface area contributed by atoms with Crippen LogP contribution in [0.15, 0.2) is 48.7 Å². The molecule has 2 nitrogen and oxygen atoms in total. The number of hydrogen-bond acceptors (Lipinski definition) is 2. The highest BCUT2D eigenvalue weighted by Crippen LogP contribution is 2.19. The Kier molecular flexibility index (Phi) is 3.78. The summed E-state index contributed by atoms with van der Waals surface area (Å²) in [5, 5.41) is 9.75. The molecule has 0 radical (unpaired) electrons. The molecule has 1 aromatic heterocycles. The summed E-state index contributed by atoms with van der Waals surface area (Å²) in [5.74, 6) is 0. The maximum atomic E-state index is 9.75. The van der Waals surface area contributed by atoms with Crippen LogP contribution in [0.4, 0.5) is 0 Å². The molecular formula is C16H19NO. The number of hydrogen-bond donors (Lipinski definition) is 1. The summed E-state index contributed by atoms with van der Waals surface area (Å²) in [6.07, 6.45) is 3.46. The van der Waals surface area contributed by atoms with Crippen LogP contribution in [0, 0.1) is 0 Å². The summed E-state index contributed by atoms with van der Waals surface area (Å²) in [5.41, 5.74) is 2.72. The van der Waals surface area contributed by atoms with Crippen LogP contribution in [0.25, 0.3) is 11.3 Å². The number of benzene rings is 1. The summed E-state index contributed by atoms with van der Waals surface area (Å²) in [4.78, 5) is 4.39. The molecule has 0 aliphatic carbocycles. The van der Waals surface area contributed by atoms with Crippen LogP contribution in [0.3, 0.4) is 0 Å². The second-order valence-electron chi connectivity index (χ2n) is 5.23. The Hall–Kier alpha value is -1.67. The van der Waals surface area contributed by atoms with Crippen molar-refractivity contribution in [2.45, 2.75) is 32.3 Å². The van der Waals surface area contributed by atoms with Gasteiger partial charge in [0, 0.05) is 11.8 Å². The van der Waals surface area contributed by atoms with E-state index in [4.69, 9.17) is 0 Å². The lowest BCUT2D eigenvalue weighted by molar-refractivity contribution is 0.0714. The van der Waals surface area contributed by atoms with E-state index >= 15 is 0 Å². The van der Waals surface area contributed by atoms with E-state index in [1.807, 2.05) is 44.3 Å². The van der Waals surface area contributed by atoms with Gasteiger partial charge in [-0.15, -0.1) is 0 Å². The van der Waals surface area contributed by atoms with Crippen LogP contribution in [-0.4, -0.2) is 15.7 Å². The molecule has 94 valence electrons. The molecule has 0 amide bonds. The molecule has 0 unspecified atom stereocenters. The minimum Gasteiger partial charge on any atom is -0.390 e. The van der Waals surface area contributed by atoms with Crippen molar-refractivity contribution in [1.29, 1.82) is 0 Å². The van der Waals surface area contributed by atoms with Crippen molar-refractivity contribution < 1.29 is 5.11 Å². The highest BCUT2D eigenvalue weighted by atomic mass is 16.3. The molecule has 0 bridgehead atoms. The smallest absolute Gasteiger partial charge is 0.0704 e. The lowest BCUT2D eigenvalue weighted by atomic mass is 9.98. The van der Waals surface area contributed by atoms with Gasteiger partial charge in [-0.1, -0.05) is 30.3 Å². The standard InChI is InChI=1S/C16H19NO/c1-16(2,18)10-8-13-9-11-17-15(12-13)14-6-4-3-5-7-14/h3-7,9,11-12,18H,8,10H2,1-2H3. The molecule has 0 spiro atoms. The van der Waals surface area contributed by atoms with Gasteiger partial charge in [0.15, 0.2) is 0 Å². The highest BCUT2D eigenvalue weighted by molar-refractivity contribution is 5.59. The number of aryl methyl sites for hydroxylation is 1. The molecule has 18 heavy (non-hydrogen) atoms. The van der Waals surface area contributed by atoms with Crippen LogP contribution in [0.2, 0.25) is 0 Å². The number of aliphatic hydroxyl groups is 1. The summed E-state index contributed by atoms with van der Waals surface area (Å²) in [6.45, 7) is 3.68. The van der Waals surface area contributed by atoms with E-state index in [0.717, 1.165) is 24.1 Å². The predicted octanol–water partition coefficient (Wildman–Crippen LogP) is 3.45. The number of aromatic nitrogens is 1. The zero-order valence-electron chi connectivity index (χ0n) is 10.9. The van der Waals surface area contributed by atoms with Gasteiger partial charge in [-0.25, -0.2) is 0 Å². The Bertz CT molecular complexity index is 500. The highest BCUT2D eigenvalue weighted by Gasteiger charge is 2.12. The van der Waals surface area contributed by atoms with Crippen LogP contribution in [0.5, 0.6) is 0 Å². The quantitative estimate of drug-likeness (QED) is 0.889. The minimum absolute atomic E-state index is 0.615. The van der Waals surface area contributed by atoms with Gasteiger partial charge in [0.05, 0.1) is 11.3 Å². The van der Waals surface area contributed by atoms with Crippen LogP contribution < -0.4 is 0 Å². The van der Waals surface area contributed by atoms with E-state index in [-0.39, 0.29) is 0 Å². The van der Waals surface area contributed by atoms with Crippen molar-refractivity contribution in [1.82, 2.24) is 4.98 Å². The van der Waals surface area contributed by atoms with E-state index in [1.54, 1.807) is 0 Å². The summed E-state index contributed by atoms with van der Waals surface area (Å²) < 4.78 is 0. The zero-order chi connectivity index (χ0) is 13.0. The Morgan fingerprint density at radius 1 is 1.11 bits per heavy atom. The average Bonchev–Trinajstić information content (AvgIpc) is 2.37. The first kappa shape index (κ1) is 12.8. The molecule has 1 N–H and O–H groups in total. The first-order valence-corrected chi connectivity index (χ1v) is 6.27. The van der Waals surface area contributed by atoms with E-state index in [2.05, 4.69) is 23.2 Å². The third-order valence-electron chi connectivity index (χ3n) is 2.92. The van der Waals surface area contributed by atoms with Crippen molar-refractivity contribution in [3.63, 3.8) is 0 Å². The fourth-order valence-corrected chi connectivity index (χ4v) is 1.85. The van der Waals surface area contributed by atoms with Crippen LogP contribution >= 0.6 is 0 Å². The van der Waals surface area contributed by atoms with Gasteiger partial charge in [0.25, 0.3) is 0 Å². The van der Waals surface area contributed by atoms with Crippen molar-refractivity contribution in [3.8, 4) is 11.3 Å². The first-order valence-electron chi connectivity index (χ1n) is 6.27. The number of rotatable bonds is 4. The van der Waals surface area contributed by atoms with Gasteiger partial charge in [0.2, 0.25) is 0 Å². The molecule has 1 aromatic carbocycles. The zero-order valence-corrected chi connectivity index (χ0v) is 10.9. The second-order valence-corrected chi connectivity index (χ2v) is 5.23. The molecule has 0 fully saturated rings. The Morgan fingerprint density at radius 3 is 2.50 bits per heavy atom. The molecular weight excluding hydrogens is 222 g/mol. The van der Waals surface area contributed by atoms with Crippen molar-refractivity contribution >= 4 is 0 Å². The Balaban J connectivity index is 2.16. The molecule has 0 saturated heterocycles. The third-order valence-corrected chi connectivity index (χ3v) is 2.92. The van der Waals surface area contributed by atoms with E-state index < -0.39 is 5.60 Å². The predicted molar refractivity (Wildman–Crippen MR) is 74.3 cm³/mol. The maximum Gasteiger partial charge on any atom is 0.0704 e. The molecule has 0 aliphatic heterocycles. The molecule has 0 aliphatic rings. The van der Waals surface area contributed by atoms with Gasteiger partial charge in [-0.05, 0) is 44.4 Å². The summed E-state index contributed by atoms with van der Waals surface area (Å²) in [7, 11) is 0. The summed E-state index contributed by atoms with van der Waals surface area (Å²) >= 11 is 0. The molecule has 0 saturated carbocycles. The third kappa shape index (κ3) is 3.67.